The molecule has 3 fully saturated rings. The van der Waals surface area contributed by atoms with E-state index in [1.54, 1.807) is 5.38 Å². The Balaban J connectivity index is 1.34. The highest BCUT2D eigenvalue weighted by Crippen LogP contribution is 2.30. The molecule has 0 aliphatic carbocycles. The van der Waals surface area contributed by atoms with Crippen molar-refractivity contribution in [1.82, 2.24) is 14.1 Å². The lowest BCUT2D eigenvalue weighted by molar-refractivity contribution is -0.138. The van der Waals surface area contributed by atoms with Crippen molar-refractivity contribution in [1.29, 1.82) is 0 Å². The maximum Gasteiger partial charge on any atom is 0.254 e. The molecule has 7 nitrogen and oxygen atoms in total. The molecule has 3 aliphatic heterocycles. The lowest BCUT2D eigenvalue weighted by Crippen LogP contribution is -2.46. The van der Waals surface area contributed by atoms with E-state index in [2.05, 4.69) is 13.8 Å². The minimum absolute atomic E-state index is 0.0743. The van der Waals surface area contributed by atoms with Gasteiger partial charge in [-0.05, 0) is 56.4 Å². The van der Waals surface area contributed by atoms with Crippen LogP contribution < -0.4 is 0 Å². The van der Waals surface area contributed by atoms with Gasteiger partial charge in [0.05, 0.1) is 5.56 Å². The van der Waals surface area contributed by atoms with E-state index < -0.39 is 10.0 Å². The van der Waals surface area contributed by atoms with E-state index in [0.717, 1.165) is 63.2 Å². The molecule has 2 amide bonds. The van der Waals surface area contributed by atoms with E-state index in [1.807, 2.05) is 9.80 Å². The first-order valence-electron chi connectivity index (χ1n) is 11.9. The topological polar surface area (TPSA) is 78.0 Å². The van der Waals surface area contributed by atoms with Crippen LogP contribution in [0.15, 0.2) is 15.7 Å². The standard InChI is InChI=1S/C23H35N3O4S2/c1-17-3-9-24(10-4-17)22(27)19-7-13-26(14-8-19)32(29,30)21-15-20(16-31-21)23(28)25-11-5-18(2)6-12-25/h15-19H,3-14H2,1-2H3. The molecular formula is C23H35N3O4S2. The Bertz CT molecular complexity index is 921. The molecule has 3 saturated heterocycles. The molecule has 0 N–H and O–H groups in total. The van der Waals surface area contributed by atoms with Crippen LogP contribution in [0, 0.1) is 17.8 Å². The number of thiophene rings is 1. The average Bonchev–Trinajstić information content (AvgIpc) is 3.30. The minimum atomic E-state index is -3.64. The van der Waals surface area contributed by atoms with Crippen molar-refractivity contribution in [3.8, 4) is 0 Å². The molecule has 0 atom stereocenters. The highest BCUT2D eigenvalue weighted by atomic mass is 32.2. The number of hydrogen-bond acceptors (Lipinski definition) is 5. The number of sulfonamides is 1. The van der Waals surface area contributed by atoms with Gasteiger partial charge in [-0.15, -0.1) is 11.3 Å². The highest BCUT2D eigenvalue weighted by Gasteiger charge is 2.35. The Morgan fingerprint density at radius 1 is 0.844 bits per heavy atom. The van der Waals surface area contributed by atoms with Gasteiger partial charge in [0.15, 0.2) is 0 Å². The Morgan fingerprint density at radius 3 is 1.94 bits per heavy atom. The van der Waals surface area contributed by atoms with E-state index >= 15 is 0 Å². The summed E-state index contributed by atoms with van der Waals surface area (Å²) in [6, 6.07) is 1.53. The van der Waals surface area contributed by atoms with Crippen LogP contribution in [-0.4, -0.2) is 73.6 Å². The van der Waals surface area contributed by atoms with Crippen molar-refractivity contribution in [2.45, 2.75) is 56.6 Å². The summed E-state index contributed by atoms with van der Waals surface area (Å²) in [4.78, 5) is 29.4. The molecule has 0 unspecified atom stereocenters. The Labute approximate surface area is 195 Å². The van der Waals surface area contributed by atoms with Gasteiger partial charge in [0.25, 0.3) is 15.9 Å². The molecule has 178 valence electrons. The first-order valence-corrected chi connectivity index (χ1v) is 14.2. The highest BCUT2D eigenvalue weighted by molar-refractivity contribution is 7.91. The fraction of sp³-hybridized carbons (Fsp3) is 0.739. The smallest absolute Gasteiger partial charge is 0.254 e. The number of amides is 2. The molecule has 9 heteroatoms. The summed E-state index contributed by atoms with van der Waals surface area (Å²) in [7, 11) is -3.64. The van der Waals surface area contributed by atoms with Crippen molar-refractivity contribution in [3.05, 3.63) is 17.0 Å². The lowest BCUT2D eigenvalue weighted by atomic mass is 9.93. The normalized spacial score (nSPS) is 22.9. The molecule has 0 aromatic carbocycles. The van der Waals surface area contributed by atoms with Gasteiger partial charge in [0.1, 0.15) is 4.21 Å². The van der Waals surface area contributed by atoms with Crippen molar-refractivity contribution in [2.75, 3.05) is 39.3 Å². The summed E-state index contributed by atoms with van der Waals surface area (Å²) >= 11 is 1.12. The van der Waals surface area contributed by atoms with E-state index in [0.29, 0.717) is 43.3 Å². The average molecular weight is 482 g/mol. The van der Waals surface area contributed by atoms with Crippen LogP contribution in [0.3, 0.4) is 0 Å². The van der Waals surface area contributed by atoms with Crippen LogP contribution in [0.25, 0.3) is 0 Å². The number of carbonyl (C=O) groups excluding carboxylic acids is 2. The van der Waals surface area contributed by atoms with Crippen molar-refractivity contribution >= 4 is 33.2 Å². The van der Waals surface area contributed by atoms with Crippen LogP contribution in [0.5, 0.6) is 0 Å². The molecule has 0 radical (unpaired) electrons. The number of hydrogen-bond donors (Lipinski definition) is 0. The first-order chi connectivity index (χ1) is 15.3. The molecule has 4 rings (SSSR count). The first kappa shape index (κ1) is 23.7. The minimum Gasteiger partial charge on any atom is -0.342 e. The van der Waals surface area contributed by atoms with E-state index in [9.17, 15) is 18.0 Å². The number of nitrogens with zero attached hydrogens (tertiary/aromatic N) is 3. The Kier molecular flexibility index (Phi) is 7.27. The van der Waals surface area contributed by atoms with Gasteiger partial charge >= 0.3 is 0 Å². The third-order valence-corrected chi connectivity index (χ3v) is 10.7. The predicted octanol–water partition coefficient (Wildman–Crippen LogP) is 3.28. The zero-order chi connectivity index (χ0) is 22.9. The quantitative estimate of drug-likeness (QED) is 0.661. The fourth-order valence-electron chi connectivity index (χ4n) is 4.92. The van der Waals surface area contributed by atoms with Gasteiger partial charge in [-0.3, -0.25) is 9.59 Å². The van der Waals surface area contributed by atoms with E-state index in [4.69, 9.17) is 0 Å². The van der Waals surface area contributed by atoms with Gasteiger partial charge < -0.3 is 9.80 Å². The fourth-order valence-corrected chi connectivity index (χ4v) is 7.69. The Hall–Kier alpha value is -1.45. The summed E-state index contributed by atoms with van der Waals surface area (Å²) < 4.78 is 28.1. The maximum atomic E-state index is 13.2. The summed E-state index contributed by atoms with van der Waals surface area (Å²) in [5.74, 6) is 1.33. The van der Waals surface area contributed by atoms with E-state index in [-0.39, 0.29) is 21.9 Å². The molecular weight excluding hydrogens is 446 g/mol. The third-order valence-electron chi connectivity index (χ3n) is 7.39. The van der Waals surface area contributed by atoms with Crippen molar-refractivity contribution in [2.24, 2.45) is 17.8 Å². The SMILES string of the molecule is CC1CCN(C(=O)c2csc(S(=O)(=O)N3CCC(C(=O)N4CCC(C)CC4)CC3)c2)CC1. The molecule has 0 saturated carbocycles. The summed E-state index contributed by atoms with van der Waals surface area (Å²) in [6.45, 7) is 8.23. The lowest BCUT2D eigenvalue weighted by Gasteiger charge is -2.36. The molecule has 1 aromatic rings. The maximum absolute atomic E-state index is 13.2. The third kappa shape index (κ3) is 5.04. The summed E-state index contributed by atoms with van der Waals surface area (Å²) in [5, 5.41) is 1.67. The summed E-state index contributed by atoms with van der Waals surface area (Å²) in [6.07, 6.45) is 5.21. The van der Waals surface area contributed by atoms with Gasteiger partial charge in [-0.2, -0.15) is 4.31 Å². The largest absolute Gasteiger partial charge is 0.342 e. The monoisotopic (exact) mass is 481 g/mol. The zero-order valence-electron chi connectivity index (χ0n) is 19.2. The van der Waals surface area contributed by atoms with Crippen molar-refractivity contribution < 1.29 is 18.0 Å². The molecule has 32 heavy (non-hydrogen) atoms. The molecule has 0 spiro atoms. The second-order valence-corrected chi connectivity index (χ2v) is 12.9. The van der Waals surface area contributed by atoms with Crippen molar-refractivity contribution in [3.63, 3.8) is 0 Å². The summed E-state index contributed by atoms with van der Waals surface area (Å²) in [5.41, 5.74) is 0.465. The van der Waals surface area contributed by atoms with Crippen LogP contribution in [-0.2, 0) is 14.8 Å². The van der Waals surface area contributed by atoms with Gasteiger partial charge in [-0.1, -0.05) is 13.8 Å². The molecule has 3 aliphatic rings. The predicted molar refractivity (Wildman–Crippen MR) is 125 cm³/mol. The molecule has 4 heterocycles. The van der Waals surface area contributed by atoms with Crippen LogP contribution >= 0.6 is 11.3 Å². The Morgan fingerprint density at radius 2 is 1.38 bits per heavy atom. The van der Waals surface area contributed by atoms with Gasteiger partial charge in [0, 0.05) is 50.6 Å². The number of piperidine rings is 3. The van der Waals surface area contributed by atoms with E-state index in [1.165, 1.54) is 10.4 Å². The zero-order valence-corrected chi connectivity index (χ0v) is 20.8. The van der Waals surface area contributed by atoms with Crippen LogP contribution in [0.2, 0.25) is 0 Å². The van der Waals surface area contributed by atoms with Crippen LogP contribution in [0.1, 0.15) is 62.7 Å². The second kappa shape index (κ2) is 9.81. The van der Waals surface area contributed by atoms with Gasteiger partial charge in [0.2, 0.25) is 5.91 Å². The molecule has 0 bridgehead atoms. The van der Waals surface area contributed by atoms with Gasteiger partial charge in [-0.25, -0.2) is 8.42 Å². The number of likely N-dealkylation sites (tertiary alicyclic amines) is 2. The molecule has 1 aromatic heterocycles. The number of rotatable bonds is 4. The van der Waals surface area contributed by atoms with Crippen LogP contribution in [0.4, 0.5) is 0 Å². The number of carbonyl (C=O) groups is 2. The second-order valence-electron chi connectivity index (χ2n) is 9.82.